The van der Waals surface area contributed by atoms with Gasteiger partial charge in [-0.1, -0.05) is 0 Å². The Morgan fingerprint density at radius 2 is 1.80 bits per heavy atom. The van der Waals surface area contributed by atoms with Gasteiger partial charge in [-0.25, -0.2) is 0 Å². The summed E-state index contributed by atoms with van der Waals surface area (Å²) in [6.45, 7) is 6.85. The molecule has 0 bridgehead atoms. The molecule has 0 unspecified atom stereocenters. The zero-order valence-electron chi connectivity index (χ0n) is 3.40. The van der Waals surface area contributed by atoms with Gasteiger partial charge in [0.25, 0.3) is 0 Å². The first kappa shape index (κ1) is 4.96. The maximum absolute atomic E-state index is 4.53. The molecule has 0 heterocycles. The van der Waals surface area contributed by atoms with Gasteiger partial charge >= 0.3 is 0 Å². The highest BCUT2D eigenvalue weighted by Gasteiger charge is 1.79. The van der Waals surface area contributed by atoms with E-state index >= 15 is 0 Å². The average molecular weight is 72.1 g/mol. The quantitative estimate of drug-likeness (QED) is 0.442. The van der Waals surface area contributed by atoms with Crippen LogP contribution in [0, 0.1) is 13.8 Å². The number of hydrogen-bond acceptors (Lipinski definition) is 1. The fraction of sp³-hybridized carbons (Fsp3) is 0.500. The summed E-state index contributed by atoms with van der Waals surface area (Å²) in [6.07, 6.45) is -0.116. The summed E-state index contributed by atoms with van der Waals surface area (Å²) in [5, 5.41) is 0. The van der Waals surface area contributed by atoms with Gasteiger partial charge in [0.1, 0.15) is 0 Å². The molecule has 0 saturated heterocycles. The molecule has 0 saturated carbocycles. The van der Waals surface area contributed by atoms with Crippen LogP contribution in [0.5, 0.6) is 0 Å². The van der Waals surface area contributed by atoms with Gasteiger partial charge in [-0.15, -0.1) is 0 Å². The van der Waals surface area contributed by atoms with E-state index in [4.69, 9.17) is 0 Å². The number of rotatable bonds is 1. The molecule has 0 atom stereocenters. The van der Waals surface area contributed by atoms with Crippen LogP contribution in [0.1, 0.15) is 0 Å². The van der Waals surface area contributed by atoms with Crippen LogP contribution in [-0.4, -0.2) is 13.2 Å². The number of ether oxygens (including phenoxy) is 1. The Hall–Kier alpha value is -0.0400. The smallest absolute Gasteiger partial charge is 0.0573 e. The molecule has 0 aromatic carbocycles. The van der Waals surface area contributed by atoms with E-state index in [1.807, 2.05) is 0 Å². The topological polar surface area (TPSA) is 9.23 Å². The summed E-state index contributed by atoms with van der Waals surface area (Å²) in [5.41, 5.74) is 0. The molecular weight excluding hydrogens is 64.0 g/mol. The molecule has 5 heavy (non-hydrogen) atoms. The van der Waals surface area contributed by atoms with Crippen LogP contribution in [0.25, 0.3) is 0 Å². The summed E-state index contributed by atoms with van der Waals surface area (Å²) in [5.74, 6) is 0. The minimum Gasteiger partial charge on any atom is -0.381 e. The second-order valence-corrected chi connectivity index (χ2v) is 0.858. The highest BCUT2D eigenvalue weighted by atomic mass is 16.5. The van der Waals surface area contributed by atoms with Gasteiger partial charge in [0, 0.05) is 7.11 Å². The Labute approximate surface area is 32.9 Å². The molecule has 30 valence electrons. The first-order chi connectivity index (χ1) is 2.27. The van der Waals surface area contributed by atoms with Gasteiger partial charge in [0.15, 0.2) is 0 Å². The van der Waals surface area contributed by atoms with Crippen molar-refractivity contribution in [3.8, 4) is 0 Å². The minimum absolute atomic E-state index is 0.116. The monoisotopic (exact) mass is 72.1 g/mol. The lowest BCUT2D eigenvalue weighted by atomic mass is 10.5. The molecule has 0 fully saturated rings. The Morgan fingerprint density at radius 3 is 1.80 bits per heavy atom. The van der Waals surface area contributed by atoms with Crippen molar-refractivity contribution in [3.05, 3.63) is 13.8 Å². The van der Waals surface area contributed by atoms with E-state index in [1.165, 1.54) is 0 Å². The van der Waals surface area contributed by atoms with Crippen LogP contribution in [0.4, 0.5) is 0 Å². The molecule has 0 aliphatic heterocycles. The third kappa shape index (κ3) is 3.96. The third-order valence-electron chi connectivity index (χ3n) is 0.333. The SMILES string of the molecule is [CH2]C([CH2])OC. The van der Waals surface area contributed by atoms with E-state index < -0.39 is 0 Å². The maximum Gasteiger partial charge on any atom is 0.0573 e. The van der Waals surface area contributed by atoms with E-state index in [2.05, 4.69) is 18.6 Å². The molecule has 0 aliphatic carbocycles. The lowest BCUT2D eigenvalue weighted by Crippen LogP contribution is -1.95. The second kappa shape index (κ2) is 2.21. The van der Waals surface area contributed by atoms with Crippen LogP contribution >= 0.6 is 0 Å². The maximum atomic E-state index is 4.53. The molecule has 0 aromatic heterocycles. The fourth-order valence-corrected chi connectivity index (χ4v) is 0. The van der Waals surface area contributed by atoms with Gasteiger partial charge in [-0.05, 0) is 13.8 Å². The van der Waals surface area contributed by atoms with Crippen molar-refractivity contribution in [2.24, 2.45) is 0 Å². The van der Waals surface area contributed by atoms with Crippen molar-refractivity contribution in [1.29, 1.82) is 0 Å². The van der Waals surface area contributed by atoms with E-state index in [0.717, 1.165) is 0 Å². The van der Waals surface area contributed by atoms with Gasteiger partial charge in [0.05, 0.1) is 6.10 Å². The fourth-order valence-electron chi connectivity index (χ4n) is 0. The van der Waals surface area contributed by atoms with Crippen LogP contribution < -0.4 is 0 Å². The molecule has 2 radical (unpaired) electrons. The van der Waals surface area contributed by atoms with E-state index in [1.54, 1.807) is 7.11 Å². The van der Waals surface area contributed by atoms with E-state index in [-0.39, 0.29) is 6.10 Å². The second-order valence-electron chi connectivity index (χ2n) is 0.858. The Morgan fingerprint density at radius 1 is 1.60 bits per heavy atom. The van der Waals surface area contributed by atoms with Crippen molar-refractivity contribution in [2.45, 2.75) is 6.10 Å². The van der Waals surface area contributed by atoms with Crippen LogP contribution in [-0.2, 0) is 4.74 Å². The van der Waals surface area contributed by atoms with Crippen LogP contribution in [0.15, 0.2) is 0 Å². The number of methoxy groups -OCH3 is 1. The predicted octanol–water partition coefficient (Wildman–Crippen LogP) is 0.670. The van der Waals surface area contributed by atoms with Gasteiger partial charge < -0.3 is 4.74 Å². The zero-order valence-corrected chi connectivity index (χ0v) is 3.40. The third-order valence-corrected chi connectivity index (χ3v) is 0.333. The van der Waals surface area contributed by atoms with Crippen molar-refractivity contribution in [3.63, 3.8) is 0 Å². The summed E-state index contributed by atoms with van der Waals surface area (Å²) in [4.78, 5) is 0. The molecule has 0 rings (SSSR count). The molecule has 0 N–H and O–H groups in total. The molecule has 0 aromatic rings. The zero-order chi connectivity index (χ0) is 4.28. The minimum atomic E-state index is -0.116. The molecule has 1 nitrogen and oxygen atoms in total. The highest BCUT2D eigenvalue weighted by Crippen LogP contribution is 1.76. The predicted molar refractivity (Wildman–Crippen MR) is 21.5 cm³/mol. The average Bonchev–Trinajstić information content (AvgIpc) is 1.38. The Kier molecular flexibility index (Phi) is 2.19. The van der Waals surface area contributed by atoms with Crippen LogP contribution in [0.2, 0.25) is 0 Å². The normalized spacial score (nSPS) is 9.60. The molecular formula is C4H8O. The lowest BCUT2D eigenvalue weighted by molar-refractivity contribution is 0.174. The van der Waals surface area contributed by atoms with Gasteiger partial charge in [0.2, 0.25) is 0 Å². The van der Waals surface area contributed by atoms with E-state index in [9.17, 15) is 0 Å². The standard InChI is InChI=1S/C4H8O/c1-4(2)5-3/h4H,1-2H2,3H3. The van der Waals surface area contributed by atoms with Gasteiger partial charge in [-0.3, -0.25) is 0 Å². The number of hydrogen-bond donors (Lipinski definition) is 0. The molecule has 0 aliphatic rings. The largest absolute Gasteiger partial charge is 0.381 e. The molecule has 1 heteroatoms. The molecule has 0 amide bonds. The first-order valence-corrected chi connectivity index (χ1v) is 1.46. The Balaban J connectivity index is 2.54. The van der Waals surface area contributed by atoms with Crippen molar-refractivity contribution in [1.82, 2.24) is 0 Å². The lowest BCUT2D eigenvalue weighted by Gasteiger charge is -1.94. The van der Waals surface area contributed by atoms with E-state index in [0.29, 0.717) is 0 Å². The van der Waals surface area contributed by atoms with Crippen molar-refractivity contribution in [2.75, 3.05) is 7.11 Å². The summed E-state index contributed by atoms with van der Waals surface area (Å²) >= 11 is 0. The van der Waals surface area contributed by atoms with Crippen molar-refractivity contribution < 1.29 is 4.74 Å². The van der Waals surface area contributed by atoms with Gasteiger partial charge in [-0.2, -0.15) is 0 Å². The Bertz CT molecular complexity index is 17.6. The first-order valence-electron chi connectivity index (χ1n) is 1.46. The van der Waals surface area contributed by atoms with Crippen molar-refractivity contribution >= 4 is 0 Å². The summed E-state index contributed by atoms with van der Waals surface area (Å²) in [7, 11) is 1.57. The summed E-state index contributed by atoms with van der Waals surface area (Å²) < 4.78 is 4.53. The summed E-state index contributed by atoms with van der Waals surface area (Å²) in [6, 6.07) is 0. The molecule has 0 spiro atoms. The highest BCUT2D eigenvalue weighted by molar-refractivity contribution is 4.58. The van der Waals surface area contributed by atoms with Crippen LogP contribution in [0.3, 0.4) is 0 Å².